The standard InChI is InChI=1S/C61H46N2/c1-61(2)54-28-16-15-25-49(54)53-39-46(34-37-55(53)61)47-23-11-9-17-40(47)35-38-56(63-60(62)45-21-7-4-8-22-45)42-29-31-44(32-30-42)58-51-27-14-13-26-50(51)57(43-19-5-3-6-20-43)52-36-33-41-18-10-12-24-48(41)59(52)58/h3-34,36-39H,35H2,1-2H3,(H2,62,63)/b56-38-. The Kier molecular flexibility index (Phi) is 9.43. The first-order valence-electron chi connectivity index (χ1n) is 21.9. The van der Waals surface area contributed by atoms with Crippen LogP contribution in [0.4, 0.5) is 0 Å². The van der Waals surface area contributed by atoms with E-state index in [0.29, 0.717) is 12.3 Å². The van der Waals surface area contributed by atoms with Crippen molar-refractivity contribution >= 4 is 43.9 Å². The summed E-state index contributed by atoms with van der Waals surface area (Å²) in [4.78, 5) is 5.17. The van der Waals surface area contributed by atoms with Crippen LogP contribution in [-0.4, -0.2) is 5.84 Å². The summed E-state index contributed by atoms with van der Waals surface area (Å²) in [5, 5.41) is 7.44. The van der Waals surface area contributed by atoms with Crippen molar-refractivity contribution in [3.8, 4) is 44.5 Å². The zero-order chi connectivity index (χ0) is 42.5. The summed E-state index contributed by atoms with van der Waals surface area (Å²) in [6.07, 6.45) is 2.92. The first-order chi connectivity index (χ1) is 30.9. The molecule has 1 aliphatic rings. The van der Waals surface area contributed by atoms with Gasteiger partial charge in [-0.25, -0.2) is 4.99 Å². The van der Waals surface area contributed by atoms with Crippen LogP contribution in [0.15, 0.2) is 223 Å². The van der Waals surface area contributed by atoms with Crippen LogP contribution in [0.1, 0.15) is 41.7 Å². The Morgan fingerprint density at radius 1 is 0.460 bits per heavy atom. The Labute approximate surface area is 369 Å². The molecule has 0 saturated heterocycles. The molecule has 1 aliphatic carbocycles. The lowest BCUT2D eigenvalue weighted by Crippen LogP contribution is -2.14. The van der Waals surface area contributed by atoms with Crippen molar-refractivity contribution in [3.63, 3.8) is 0 Å². The normalized spacial score (nSPS) is 13.4. The number of aliphatic imine (C=N–C) groups is 1. The second-order valence-corrected chi connectivity index (χ2v) is 17.2. The van der Waals surface area contributed by atoms with Gasteiger partial charge in [-0.05, 0) is 112 Å². The topological polar surface area (TPSA) is 38.4 Å². The average molecular weight is 807 g/mol. The zero-order valence-electron chi connectivity index (χ0n) is 35.5. The van der Waals surface area contributed by atoms with E-state index in [2.05, 4.69) is 202 Å². The maximum atomic E-state index is 6.81. The van der Waals surface area contributed by atoms with Crippen LogP contribution in [-0.2, 0) is 11.8 Å². The highest BCUT2D eigenvalue weighted by molar-refractivity contribution is 6.27. The summed E-state index contributed by atoms with van der Waals surface area (Å²) in [5.74, 6) is 0.485. The molecule has 0 radical (unpaired) electrons. The first-order valence-corrected chi connectivity index (χ1v) is 21.9. The molecule has 0 aromatic heterocycles. The number of allylic oxidation sites excluding steroid dienone is 1. The summed E-state index contributed by atoms with van der Waals surface area (Å²) in [6, 6.07) is 76.6. The van der Waals surface area contributed by atoms with E-state index < -0.39 is 0 Å². The maximum Gasteiger partial charge on any atom is 0.131 e. The van der Waals surface area contributed by atoms with Gasteiger partial charge in [-0.3, -0.25) is 0 Å². The number of fused-ring (bicyclic) bond motifs is 7. The molecule has 2 N–H and O–H groups in total. The van der Waals surface area contributed by atoms with Crippen LogP contribution in [0.3, 0.4) is 0 Å². The van der Waals surface area contributed by atoms with E-state index in [1.807, 2.05) is 30.3 Å². The van der Waals surface area contributed by atoms with Crippen LogP contribution >= 0.6 is 0 Å². The monoisotopic (exact) mass is 806 g/mol. The van der Waals surface area contributed by atoms with Crippen molar-refractivity contribution in [1.29, 1.82) is 0 Å². The SMILES string of the molecule is CC1(C)c2ccccc2-c2cc(-c3ccccc3C/C=C(\N=C(N)c3ccccc3)c3ccc(-c4c5ccccc5c(-c5ccccc5)c5ccc6ccccc6c45)cc3)ccc21. The molecule has 0 bridgehead atoms. The fourth-order valence-corrected chi connectivity index (χ4v) is 10.1. The van der Waals surface area contributed by atoms with E-state index in [0.717, 1.165) is 22.4 Å². The Balaban J connectivity index is 1.04. The van der Waals surface area contributed by atoms with E-state index in [9.17, 15) is 0 Å². The minimum Gasteiger partial charge on any atom is -0.383 e. The zero-order valence-corrected chi connectivity index (χ0v) is 35.5. The number of hydrogen-bond donors (Lipinski definition) is 1. The van der Waals surface area contributed by atoms with Gasteiger partial charge in [0.1, 0.15) is 5.84 Å². The van der Waals surface area contributed by atoms with Crippen LogP contribution in [0.2, 0.25) is 0 Å². The number of benzene rings is 10. The predicted octanol–water partition coefficient (Wildman–Crippen LogP) is 15.4. The van der Waals surface area contributed by atoms with Gasteiger partial charge in [-0.2, -0.15) is 0 Å². The molecule has 10 aromatic carbocycles. The Hall–Kier alpha value is -7.81. The fourth-order valence-electron chi connectivity index (χ4n) is 10.1. The summed E-state index contributed by atoms with van der Waals surface area (Å²) < 4.78 is 0. The van der Waals surface area contributed by atoms with Crippen LogP contribution in [0.25, 0.3) is 82.5 Å². The average Bonchev–Trinajstić information content (AvgIpc) is 3.57. The molecule has 0 unspecified atom stereocenters. The molecule has 63 heavy (non-hydrogen) atoms. The van der Waals surface area contributed by atoms with E-state index in [1.165, 1.54) is 88.0 Å². The molecule has 0 spiro atoms. The Morgan fingerprint density at radius 2 is 1.05 bits per heavy atom. The van der Waals surface area contributed by atoms with Gasteiger partial charge in [0, 0.05) is 11.0 Å². The third-order valence-corrected chi connectivity index (χ3v) is 13.2. The molecule has 0 amide bonds. The summed E-state index contributed by atoms with van der Waals surface area (Å²) in [7, 11) is 0. The molecule has 2 heteroatoms. The van der Waals surface area contributed by atoms with Gasteiger partial charge in [0.25, 0.3) is 0 Å². The summed E-state index contributed by atoms with van der Waals surface area (Å²) in [5.41, 5.74) is 23.4. The summed E-state index contributed by atoms with van der Waals surface area (Å²) in [6.45, 7) is 4.67. The number of rotatable bonds is 8. The molecular formula is C61H46N2. The lowest BCUT2D eigenvalue weighted by atomic mass is 9.82. The van der Waals surface area contributed by atoms with Crippen molar-refractivity contribution < 1.29 is 0 Å². The van der Waals surface area contributed by atoms with Crippen molar-refractivity contribution in [2.45, 2.75) is 25.7 Å². The van der Waals surface area contributed by atoms with Crippen LogP contribution in [0, 0.1) is 0 Å². The van der Waals surface area contributed by atoms with E-state index in [1.54, 1.807) is 0 Å². The highest BCUT2D eigenvalue weighted by atomic mass is 14.9. The third-order valence-electron chi connectivity index (χ3n) is 13.2. The number of hydrogen-bond acceptors (Lipinski definition) is 1. The molecule has 11 rings (SSSR count). The Morgan fingerprint density at radius 3 is 1.83 bits per heavy atom. The van der Waals surface area contributed by atoms with Crippen molar-refractivity contribution in [1.82, 2.24) is 0 Å². The molecular weight excluding hydrogens is 761 g/mol. The molecule has 0 saturated carbocycles. The molecule has 0 aliphatic heterocycles. The maximum absolute atomic E-state index is 6.81. The highest BCUT2D eigenvalue weighted by Crippen LogP contribution is 2.50. The van der Waals surface area contributed by atoms with Gasteiger partial charge in [-0.15, -0.1) is 0 Å². The Bertz CT molecular complexity index is 3430. The van der Waals surface area contributed by atoms with Gasteiger partial charge in [-0.1, -0.05) is 226 Å². The van der Waals surface area contributed by atoms with Crippen molar-refractivity contribution in [2.75, 3.05) is 0 Å². The minimum atomic E-state index is -0.0343. The summed E-state index contributed by atoms with van der Waals surface area (Å²) >= 11 is 0. The largest absolute Gasteiger partial charge is 0.383 e. The van der Waals surface area contributed by atoms with E-state index in [4.69, 9.17) is 10.7 Å². The first kappa shape index (κ1) is 38.1. The van der Waals surface area contributed by atoms with Gasteiger partial charge in [0.2, 0.25) is 0 Å². The third kappa shape index (κ3) is 6.63. The molecule has 300 valence electrons. The minimum absolute atomic E-state index is 0.0343. The van der Waals surface area contributed by atoms with E-state index in [-0.39, 0.29) is 5.41 Å². The molecule has 2 nitrogen and oxygen atoms in total. The van der Waals surface area contributed by atoms with Gasteiger partial charge in [0.15, 0.2) is 0 Å². The van der Waals surface area contributed by atoms with Crippen molar-refractivity contribution in [2.24, 2.45) is 10.7 Å². The second-order valence-electron chi connectivity index (χ2n) is 17.2. The second kappa shape index (κ2) is 15.6. The smallest absolute Gasteiger partial charge is 0.131 e. The highest BCUT2D eigenvalue weighted by Gasteiger charge is 2.35. The number of amidine groups is 1. The van der Waals surface area contributed by atoms with Crippen LogP contribution < -0.4 is 5.73 Å². The van der Waals surface area contributed by atoms with E-state index >= 15 is 0 Å². The lowest BCUT2D eigenvalue weighted by molar-refractivity contribution is 0.660. The lowest BCUT2D eigenvalue weighted by Gasteiger charge is -2.21. The molecule has 0 heterocycles. The molecule has 10 aromatic rings. The van der Waals surface area contributed by atoms with Gasteiger partial charge < -0.3 is 5.73 Å². The van der Waals surface area contributed by atoms with Gasteiger partial charge >= 0.3 is 0 Å². The predicted molar refractivity (Wildman–Crippen MR) is 268 cm³/mol. The number of nitrogens with two attached hydrogens (primary N) is 1. The quantitative estimate of drug-likeness (QED) is 0.0706. The molecule has 0 atom stereocenters. The van der Waals surface area contributed by atoms with Crippen molar-refractivity contribution in [3.05, 3.63) is 246 Å². The number of nitrogens with zero attached hydrogens (tertiary/aromatic N) is 1. The van der Waals surface area contributed by atoms with Gasteiger partial charge in [0.05, 0.1) is 5.70 Å². The molecule has 0 fully saturated rings. The van der Waals surface area contributed by atoms with Crippen LogP contribution in [0.5, 0.6) is 0 Å². The fraction of sp³-hybridized carbons (Fsp3) is 0.0656.